The van der Waals surface area contributed by atoms with Crippen molar-refractivity contribution in [2.24, 2.45) is 5.73 Å². The molecule has 4 nitrogen and oxygen atoms in total. The van der Waals surface area contributed by atoms with Gasteiger partial charge < -0.3 is 5.73 Å². The van der Waals surface area contributed by atoms with Crippen LogP contribution in [0.2, 0.25) is 5.02 Å². The van der Waals surface area contributed by atoms with Gasteiger partial charge in [-0.1, -0.05) is 49.2 Å². The normalized spacial score (nSPS) is 12.5. The van der Waals surface area contributed by atoms with Gasteiger partial charge >= 0.3 is 0 Å². The topological polar surface area (TPSA) is 60.9 Å². The summed E-state index contributed by atoms with van der Waals surface area (Å²) in [5, 5.41) is 0.825. The van der Waals surface area contributed by atoms with Crippen molar-refractivity contribution in [3.8, 4) is 5.69 Å². The molecule has 2 aromatic carbocycles. The van der Waals surface area contributed by atoms with E-state index >= 15 is 0 Å². The number of nitrogens with two attached hydrogens (primary N) is 1. The van der Waals surface area contributed by atoms with E-state index in [1.807, 2.05) is 30.3 Å². The Bertz CT molecular complexity index is 890. The molecule has 0 radical (unpaired) electrons. The molecule has 1 heterocycles. The van der Waals surface area contributed by atoms with Gasteiger partial charge in [-0.3, -0.25) is 9.36 Å². The second kappa shape index (κ2) is 6.52. The van der Waals surface area contributed by atoms with E-state index < -0.39 is 0 Å². The Morgan fingerprint density at radius 3 is 2.61 bits per heavy atom. The van der Waals surface area contributed by atoms with Crippen molar-refractivity contribution in [3.63, 3.8) is 0 Å². The summed E-state index contributed by atoms with van der Waals surface area (Å²) in [5.41, 5.74) is 7.42. The molecule has 3 aromatic rings. The first-order valence-corrected chi connectivity index (χ1v) is 8.03. The predicted molar refractivity (Wildman–Crippen MR) is 94.2 cm³/mol. The summed E-state index contributed by atoms with van der Waals surface area (Å²) in [5.74, 6) is 0.567. The summed E-state index contributed by atoms with van der Waals surface area (Å²) in [6.07, 6.45) is 1.67. The third kappa shape index (κ3) is 2.87. The lowest BCUT2D eigenvalue weighted by molar-refractivity contribution is 0.583. The number of para-hydroxylation sites is 1. The largest absolute Gasteiger partial charge is 0.321 e. The van der Waals surface area contributed by atoms with E-state index in [0.717, 1.165) is 18.5 Å². The summed E-state index contributed by atoms with van der Waals surface area (Å²) in [4.78, 5) is 17.7. The van der Waals surface area contributed by atoms with Crippen LogP contribution in [0.1, 0.15) is 31.6 Å². The molecule has 0 saturated carbocycles. The SMILES string of the molecule is CCC[C@@H](N)c1nc2cccc(Cl)c2c(=O)n1-c1ccccc1. The molecule has 0 saturated heterocycles. The molecule has 0 aliphatic heterocycles. The molecule has 3 rings (SSSR count). The molecular weight excluding hydrogens is 310 g/mol. The lowest BCUT2D eigenvalue weighted by Gasteiger charge is -2.18. The Morgan fingerprint density at radius 2 is 1.91 bits per heavy atom. The number of hydrogen-bond acceptors (Lipinski definition) is 3. The fraction of sp³-hybridized carbons (Fsp3) is 0.222. The zero-order valence-corrected chi connectivity index (χ0v) is 13.6. The minimum Gasteiger partial charge on any atom is -0.321 e. The molecule has 5 heteroatoms. The van der Waals surface area contributed by atoms with Crippen LogP contribution >= 0.6 is 11.6 Å². The van der Waals surface area contributed by atoms with Gasteiger partial charge in [-0.2, -0.15) is 0 Å². The monoisotopic (exact) mass is 327 g/mol. The van der Waals surface area contributed by atoms with Gasteiger partial charge in [0.25, 0.3) is 5.56 Å². The summed E-state index contributed by atoms with van der Waals surface area (Å²) >= 11 is 6.23. The van der Waals surface area contributed by atoms with Gasteiger partial charge in [0.15, 0.2) is 0 Å². The molecule has 2 N–H and O–H groups in total. The third-order valence-corrected chi connectivity index (χ3v) is 4.13. The molecule has 0 spiro atoms. The third-order valence-electron chi connectivity index (χ3n) is 3.82. The molecule has 0 aliphatic rings. The summed E-state index contributed by atoms with van der Waals surface area (Å²) in [6, 6.07) is 14.4. The van der Waals surface area contributed by atoms with Crippen molar-refractivity contribution < 1.29 is 0 Å². The van der Waals surface area contributed by atoms with E-state index in [1.54, 1.807) is 22.8 Å². The van der Waals surface area contributed by atoms with Crippen LogP contribution in [0.15, 0.2) is 53.3 Å². The van der Waals surface area contributed by atoms with Crippen molar-refractivity contribution in [1.82, 2.24) is 9.55 Å². The molecule has 1 atom stereocenters. The Hall–Kier alpha value is -2.17. The first-order chi connectivity index (χ1) is 11.1. The first-order valence-electron chi connectivity index (χ1n) is 7.65. The van der Waals surface area contributed by atoms with Crippen LogP contribution < -0.4 is 11.3 Å². The van der Waals surface area contributed by atoms with Crippen LogP contribution in [-0.4, -0.2) is 9.55 Å². The molecule has 0 fully saturated rings. The Labute approximate surface area is 139 Å². The van der Waals surface area contributed by atoms with Crippen molar-refractivity contribution in [2.75, 3.05) is 0 Å². The molecule has 1 aromatic heterocycles. The van der Waals surface area contributed by atoms with Gasteiger partial charge in [0.05, 0.1) is 27.7 Å². The maximum atomic E-state index is 13.1. The van der Waals surface area contributed by atoms with Crippen LogP contribution in [0.5, 0.6) is 0 Å². The summed E-state index contributed by atoms with van der Waals surface area (Å²) < 4.78 is 1.58. The van der Waals surface area contributed by atoms with Gasteiger partial charge in [0.2, 0.25) is 0 Å². The van der Waals surface area contributed by atoms with Crippen molar-refractivity contribution >= 4 is 22.5 Å². The van der Waals surface area contributed by atoms with E-state index in [1.165, 1.54) is 0 Å². The van der Waals surface area contributed by atoms with E-state index in [0.29, 0.717) is 21.7 Å². The zero-order valence-electron chi connectivity index (χ0n) is 12.9. The summed E-state index contributed by atoms with van der Waals surface area (Å²) in [6.45, 7) is 2.06. The lowest BCUT2D eigenvalue weighted by Crippen LogP contribution is -2.28. The molecule has 0 unspecified atom stereocenters. The molecular formula is C18H18ClN3O. The number of aromatic nitrogens is 2. The molecule has 118 valence electrons. The molecule has 0 aliphatic carbocycles. The number of nitrogens with zero attached hydrogens (tertiary/aromatic N) is 2. The number of halogens is 1. The Balaban J connectivity index is 2.38. The second-order valence-corrected chi connectivity index (χ2v) is 5.88. The standard InChI is InChI=1S/C18H18ClN3O/c1-2-7-14(20)17-21-15-11-6-10-13(19)16(15)18(23)22(17)12-8-4-3-5-9-12/h3-6,8-11,14H,2,7,20H2,1H3/t14-/m1/s1. The first kappa shape index (κ1) is 15.7. The fourth-order valence-electron chi connectivity index (χ4n) is 2.72. The smallest absolute Gasteiger partial charge is 0.267 e. The van der Waals surface area contributed by atoms with Gasteiger partial charge in [-0.25, -0.2) is 4.98 Å². The fourth-order valence-corrected chi connectivity index (χ4v) is 2.97. The molecule has 0 bridgehead atoms. The highest BCUT2D eigenvalue weighted by Gasteiger charge is 2.18. The van der Waals surface area contributed by atoms with Gasteiger partial charge in [0.1, 0.15) is 5.82 Å². The molecule has 0 amide bonds. The van der Waals surface area contributed by atoms with Crippen molar-refractivity contribution in [2.45, 2.75) is 25.8 Å². The minimum absolute atomic E-state index is 0.187. The van der Waals surface area contributed by atoms with E-state index in [2.05, 4.69) is 11.9 Å². The van der Waals surface area contributed by atoms with Crippen molar-refractivity contribution in [1.29, 1.82) is 0 Å². The zero-order chi connectivity index (χ0) is 16.4. The maximum absolute atomic E-state index is 13.1. The van der Waals surface area contributed by atoms with Crippen molar-refractivity contribution in [3.05, 3.63) is 69.7 Å². The average molecular weight is 328 g/mol. The predicted octanol–water partition coefficient (Wildman–Crippen LogP) is 3.84. The Kier molecular flexibility index (Phi) is 4.46. The molecule has 23 heavy (non-hydrogen) atoms. The number of benzene rings is 2. The average Bonchev–Trinajstić information content (AvgIpc) is 2.55. The summed E-state index contributed by atoms with van der Waals surface area (Å²) in [7, 11) is 0. The highest BCUT2D eigenvalue weighted by molar-refractivity contribution is 6.35. The van der Waals surface area contributed by atoms with Crippen LogP contribution in [0.25, 0.3) is 16.6 Å². The van der Waals surface area contributed by atoms with E-state index in [4.69, 9.17) is 17.3 Å². The van der Waals surface area contributed by atoms with Crippen LogP contribution in [0, 0.1) is 0 Å². The van der Waals surface area contributed by atoms with Gasteiger partial charge in [0, 0.05) is 0 Å². The van der Waals surface area contributed by atoms with Gasteiger partial charge in [-0.05, 0) is 30.7 Å². The van der Waals surface area contributed by atoms with Crippen LogP contribution in [0.4, 0.5) is 0 Å². The van der Waals surface area contributed by atoms with Crippen LogP contribution in [-0.2, 0) is 0 Å². The number of hydrogen-bond donors (Lipinski definition) is 1. The van der Waals surface area contributed by atoms with Gasteiger partial charge in [-0.15, -0.1) is 0 Å². The number of rotatable bonds is 4. The highest BCUT2D eigenvalue weighted by atomic mass is 35.5. The highest BCUT2D eigenvalue weighted by Crippen LogP contribution is 2.23. The quantitative estimate of drug-likeness (QED) is 0.792. The van der Waals surface area contributed by atoms with E-state index in [-0.39, 0.29) is 11.6 Å². The minimum atomic E-state index is -0.309. The Morgan fingerprint density at radius 1 is 1.17 bits per heavy atom. The second-order valence-electron chi connectivity index (χ2n) is 5.48. The van der Waals surface area contributed by atoms with Crippen LogP contribution in [0.3, 0.4) is 0 Å². The lowest BCUT2D eigenvalue weighted by atomic mass is 10.1. The maximum Gasteiger partial charge on any atom is 0.267 e. The number of fused-ring (bicyclic) bond motifs is 1. The van der Waals surface area contributed by atoms with E-state index in [9.17, 15) is 4.79 Å².